The van der Waals surface area contributed by atoms with Crippen LogP contribution in [-0.2, 0) is 9.53 Å². The molecule has 0 aliphatic rings. The zero-order valence-electron chi connectivity index (χ0n) is 8.51. The Kier molecular flexibility index (Phi) is 3.06. The highest BCUT2D eigenvalue weighted by molar-refractivity contribution is 6.07. The van der Waals surface area contributed by atoms with Crippen molar-refractivity contribution in [2.75, 3.05) is 7.11 Å². The summed E-state index contributed by atoms with van der Waals surface area (Å²) in [6.07, 6.45) is 1.55. The highest BCUT2D eigenvalue weighted by atomic mass is 16.5. The number of hydrogen-bond acceptors (Lipinski definition) is 3. The number of H-pyrrole nitrogens is 1. The number of methoxy groups -OCH3 is 1. The molecule has 14 heavy (non-hydrogen) atoms. The number of nitrogens with one attached hydrogen (secondary N) is 1. The van der Waals surface area contributed by atoms with Crippen LogP contribution in [0.4, 0.5) is 0 Å². The Hall–Kier alpha value is -1.58. The van der Waals surface area contributed by atoms with E-state index in [1.807, 2.05) is 6.92 Å². The third-order valence-electron chi connectivity index (χ3n) is 2.09. The van der Waals surface area contributed by atoms with Gasteiger partial charge in [0.05, 0.1) is 7.11 Å². The van der Waals surface area contributed by atoms with Crippen molar-refractivity contribution < 1.29 is 14.3 Å². The van der Waals surface area contributed by atoms with E-state index in [1.54, 1.807) is 13.1 Å². The van der Waals surface area contributed by atoms with Crippen molar-refractivity contribution in [3.05, 3.63) is 23.0 Å². The third kappa shape index (κ3) is 2.02. The molecule has 4 nitrogen and oxygen atoms in total. The summed E-state index contributed by atoms with van der Waals surface area (Å²) in [7, 11) is 1.27. The molecular weight excluding hydrogens is 182 g/mol. The van der Waals surface area contributed by atoms with Crippen LogP contribution in [0, 0.1) is 13.8 Å². The Bertz CT molecular complexity index is 346. The first kappa shape index (κ1) is 10.5. The van der Waals surface area contributed by atoms with E-state index in [-0.39, 0.29) is 12.2 Å². The molecular formula is C10H13NO3. The molecule has 0 aromatic carbocycles. The average molecular weight is 195 g/mol. The van der Waals surface area contributed by atoms with E-state index >= 15 is 0 Å². The van der Waals surface area contributed by atoms with E-state index in [1.165, 1.54) is 7.11 Å². The van der Waals surface area contributed by atoms with Gasteiger partial charge in [0.15, 0.2) is 5.78 Å². The molecule has 0 fully saturated rings. The van der Waals surface area contributed by atoms with Crippen LogP contribution >= 0.6 is 0 Å². The van der Waals surface area contributed by atoms with Crippen LogP contribution in [0.5, 0.6) is 0 Å². The Morgan fingerprint density at radius 2 is 2.07 bits per heavy atom. The fraction of sp³-hybridized carbons (Fsp3) is 0.400. The van der Waals surface area contributed by atoms with Crippen LogP contribution < -0.4 is 0 Å². The van der Waals surface area contributed by atoms with Gasteiger partial charge in [-0.3, -0.25) is 9.59 Å². The van der Waals surface area contributed by atoms with Gasteiger partial charge >= 0.3 is 5.97 Å². The molecule has 0 aliphatic carbocycles. The van der Waals surface area contributed by atoms with Crippen LogP contribution in [0.25, 0.3) is 0 Å². The lowest BCUT2D eigenvalue weighted by Gasteiger charge is -2.00. The first-order valence-corrected chi connectivity index (χ1v) is 4.31. The van der Waals surface area contributed by atoms with Crippen LogP contribution in [0.15, 0.2) is 6.20 Å². The zero-order chi connectivity index (χ0) is 10.7. The molecule has 0 unspecified atom stereocenters. The number of hydrogen-bond donors (Lipinski definition) is 1. The molecule has 0 aliphatic heterocycles. The molecule has 0 atom stereocenters. The third-order valence-corrected chi connectivity index (χ3v) is 2.09. The number of Topliss-reactive ketones (excluding diaryl/α,β-unsaturated/α-hetero) is 1. The smallest absolute Gasteiger partial charge is 0.313 e. The lowest BCUT2D eigenvalue weighted by molar-refractivity contribution is -0.139. The Morgan fingerprint density at radius 3 is 2.50 bits per heavy atom. The van der Waals surface area contributed by atoms with Crippen molar-refractivity contribution in [2.24, 2.45) is 0 Å². The molecule has 0 radical (unpaired) electrons. The van der Waals surface area contributed by atoms with Crippen molar-refractivity contribution in [1.29, 1.82) is 0 Å². The van der Waals surface area contributed by atoms with E-state index in [4.69, 9.17) is 0 Å². The Balaban J connectivity index is 2.84. The Labute approximate surface area is 82.3 Å². The van der Waals surface area contributed by atoms with Crippen LogP contribution in [0.2, 0.25) is 0 Å². The summed E-state index contributed by atoms with van der Waals surface area (Å²) >= 11 is 0. The molecule has 0 bridgehead atoms. The SMILES string of the molecule is COC(=O)CC(=O)c1c(C)c[nH]c1C. The molecule has 1 heterocycles. The van der Waals surface area contributed by atoms with Crippen molar-refractivity contribution in [1.82, 2.24) is 4.98 Å². The number of aryl methyl sites for hydroxylation is 2. The summed E-state index contributed by atoms with van der Waals surface area (Å²) in [5, 5.41) is 0. The number of esters is 1. The van der Waals surface area contributed by atoms with E-state index < -0.39 is 5.97 Å². The fourth-order valence-electron chi connectivity index (χ4n) is 1.38. The lowest BCUT2D eigenvalue weighted by atomic mass is 10.1. The predicted octanol–water partition coefficient (Wildman–Crippen LogP) is 1.38. The van der Waals surface area contributed by atoms with Gasteiger partial charge in [0.25, 0.3) is 0 Å². The molecule has 0 amide bonds. The van der Waals surface area contributed by atoms with E-state index in [9.17, 15) is 9.59 Å². The number of ether oxygens (including phenoxy) is 1. The summed E-state index contributed by atoms with van der Waals surface area (Å²) in [4.78, 5) is 25.4. The van der Waals surface area contributed by atoms with E-state index in [2.05, 4.69) is 9.72 Å². The predicted molar refractivity (Wildman–Crippen MR) is 51.2 cm³/mol. The number of aromatic amines is 1. The minimum Gasteiger partial charge on any atom is -0.469 e. The number of carbonyl (C=O) groups is 2. The van der Waals surface area contributed by atoms with Gasteiger partial charge in [0.2, 0.25) is 0 Å². The monoisotopic (exact) mass is 195 g/mol. The number of rotatable bonds is 3. The molecule has 76 valence electrons. The zero-order valence-corrected chi connectivity index (χ0v) is 8.51. The van der Waals surface area contributed by atoms with Crippen molar-refractivity contribution in [2.45, 2.75) is 20.3 Å². The maximum absolute atomic E-state index is 11.6. The van der Waals surface area contributed by atoms with Gasteiger partial charge < -0.3 is 9.72 Å². The second kappa shape index (κ2) is 4.09. The average Bonchev–Trinajstić information content (AvgIpc) is 2.46. The second-order valence-corrected chi connectivity index (χ2v) is 3.15. The molecule has 0 saturated heterocycles. The molecule has 4 heteroatoms. The Morgan fingerprint density at radius 1 is 1.43 bits per heavy atom. The minimum atomic E-state index is -0.505. The minimum absolute atomic E-state index is 0.198. The van der Waals surface area contributed by atoms with E-state index in [0.717, 1.165) is 11.3 Å². The van der Waals surface area contributed by atoms with Gasteiger partial charge in [-0.15, -0.1) is 0 Å². The number of ketones is 1. The number of carbonyl (C=O) groups excluding carboxylic acids is 2. The summed E-state index contributed by atoms with van der Waals surface area (Å²) in [6.45, 7) is 3.63. The van der Waals surface area contributed by atoms with Crippen LogP contribution in [0.1, 0.15) is 28.0 Å². The second-order valence-electron chi connectivity index (χ2n) is 3.15. The van der Waals surface area contributed by atoms with Gasteiger partial charge in [0.1, 0.15) is 6.42 Å². The summed E-state index contributed by atoms with van der Waals surface area (Å²) < 4.78 is 4.43. The van der Waals surface area contributed by atoms with Crippen molar-refractivity contribution in [3.63, 3.8) is 0 Å². The highest BCUT2D eigenvalue weighted by Gasteiger charge is 2.17. The van der Waals surface area contributed by atoms with Gasteiger partial charge in [0, 0.05) is 17.5 Å². The molecule has 0 spiro atoms. The van der Waals surface area contributed by atoms with Gasteiger partial charge in [-0.1, -0.05) is 0 Å². The summed E-state index contributed by atoms with van der Waals surface area (Å²) in [5.74, 6) is -0.705. The molecule has 1 aromatic heterocycles. The van der Waals surface area contributed by atoms with E-state index in [0.29, 0.717) is 5.56 Å². The summed E-state index contributed by atoms with van der Waals surface area (Å²) in [5.41, 5.74) is 2.24. The van der Waals surface area contributed by atoms with Gasteiger partial charge in [-0.05, 0) is 19.4 Å². The fourth-order valence-corrected chi connectivity index (χ4v) is 1.38. The first-order valence-electron chi connectivity index (χ1n) is 4.31. The number of aromatic nitrogens is 1. The first-order chi connectivity index (χ1) is 6.56. The normalized spacial score (nSPS) is 9.93. The van der Waals surface area contributed by atoms with Crippen LogP contribution in [0.3, 0.4) is 0 Å². The molecule has 1 N–H and O–H groups in total. The standard InChI is InChI=1S/C10H13NO3/c1-6-5-11-7(2)10(6)8(12)4-9(13)14-3/h5,11H,4H2,1-3H3. The topological polar surface area (TPSA) is 59.2 Å². The maximum atomic E-state index is 11.6. The molecule has 1 aromatic rings. The maximum Gasteiger partial charge on any atom is 0.313 e. The highest BCUT2D eigenvalue weighted by Crippen LogP contribution is 2.14. The van der Waals surface area contributed by atoms with Gasteiger partial charge in [-0.25, -0.2) is 0 Å². The largest absolute Gasteiger partial charge is 0.469 e. The molecule has 0 saturated carbocycles. The van der Waals surface area contributed by atoms with Crippen LogP contribution in [-0.4, -0.2) is 23.8 Å². The molecule has 1 rings (SSSR count). The summed E-state index contributed by atoms with van der Waals surface area (Å²) in [6, 6.07) is 0. The lowest BCUT2D eigenvalue weighted by Crippen LogP contribution is -2.10. The van der Waals surface area contributed by atoms with Gasteiger partial charge in [-0.2, -0.15) is 0 Å². The quantitative estimate of drug-likeness (QED) is 0.450. The van der Waals surface area contributed by atoms with Crippen molar-refractivity contribution in [3.8, 4) is 0 Å². The van der Waals surface area contributed by atoms with Crippen molar-refractivity contribution >= 4 is 11.8 Å².